The summed E-state index contributed by atoms with van der Waals surface area (Å²) in [6.45, 7) is 0. The summed E-state index contributed by atoms with van der Waals surface area (Å²) in [5.74, 6) is 0. The molecular formula is C44H33NSi. The van der Waals surface area contributed by atoms with Crippen molar-refractivity contribution in [2.24, 2.45) is 0 Å². The molecular weight excluding hydrogens is 571 g/mol. The second-order valence-electron chi connectivity index (χ2n) is 11.7. The van der Waals surface area contributed by atoms with Crippen molar-refractivity contribution in [1.29, 1.82) is 0 Å². The number of hydrogen-bond donors (Lipinski definition) is 0. The van der Waals surface area contributed by atoms with Crippen molar-refractivity contribution < 1.29 is 0 Å². The van der Waals surface area contributed by atoms with Crippen LogP contribution in [0.5, 0.6) is 0 Å². The largest absolute Gasteiger partial charge is 0.311 e. The minimum atomic E-state index is -2.82. The molecule has 0 aliphatic carbocycles. The Morgan fingerprint density at radius 2 is 0.696 bits per heavy atom. The van der Waals surface area contributed by atoms with Crippen LogP contribution in [0.2, 0.25) is 0 Å². The van der Waals surface area contributed by atoms with Crippen LogP contribution in [0.4, 0.5) is 17.1 Å². The van der Waals surface area contributed by atoms with Crippen molar-refractivity contribution in [2.45, 2.75) is 0 Å². The van der Waals surface area contributed by atoms with E-state index in [1.54, 1.807) is 0 Å². The lowest BCUT2D eigenvalue weighted by Gasteiger charge is -2.36. The van der Waals surface area contributed by atoms with E-state index in [-0.39, 0.29) is 0 Å². The Kier molecular flexibility index (Phi) is 7.26. The van der Waals surface area contributed by atoms with Crippen LogP contribution in [-0.2, 0) is 0 Å². The first-order valence-corrected chi connectivity index (χ1v) is 17.9. The number of benzene rings is 8. The van der Waals surface area contributed by atoms with Crippen LogP contribution in [0.1, 0.15) is 0 Å². The van der Waals surface area contributed by atoms with Crippen LogP contribution in [0, 0.1) is 0 Å². The van der Waals surface area contributed by atoms with E-state index in [0.717, 1.165) is 17.1 Å². The molecule has 218 valence electrons. The first kappa shape index (κ1) is 27.8. The molecule has 0 amide bonds. The Bertz CT molecular complexity index is 2150. The van der Waals surface area contributed by atoms with Gasteiger partial charge < -0.3 is 4.90 Å². The second kappa shape index (κ2) is 12.0. The van der Waals surface area contributed by atoms with Crippen LogP contribution in [0.3, 0.4) is 0 Å². The monoisotopic (exact) mass is 603 g/mol. The molecule has 0 radical (unpaired) electrons. The maximum absolute atomic E-state index is 2.82. The molecule has 0 unspecified atom stereocenters. The maximum Gasteiger partial charge on any atom is 0.180 e. The zero-order chi connectivity index (χ0) is 30.8. The molecule has 0 aromatic heterocycles. The first-order valence-electron chi connectivity index (χ1n) is 15.9. The zero-order valence-corrected chi connectivity index (χ0v) is 26.5. The normalized spacial score (nSPS) is 11.5. The molecule has 46 heavy (non-hydrogen) atoms. The van der Waals surface area contributed by atoms with Gasteiger partial charge in [0.1, 0.15) is 0 Å². The molecule has 0 atom stereocenters. The highest BCUT2D eigenvalue weighted by molar-refractivity contribution is 7.20. The lowest BCUT2D eigenvalue weighted by atomic mass is 10.0. The lowest BCUT2D eigenvalue weighted by Crippen LogP contribution is -2.74. The summed E-state index contributed by atoms with van der Waals surface area (Å²) >= 11 is 0. The molecule has 0 spiro atoms. The molecule has 0 N–H and O–H groups in total. The van der Waals surface area contributed by atoms with Crippen molar-refractivity contribution >= 4 is 67.4 Å². The fourth-order valence-corrected chi connectivity index (χ4v) is 12.1. The number of hydrogen-bond acceptors (Lipinski definition) is 1. The molecule has 0 heterocycles. The summed E-state index contributed by atoms with van der Waals surface area (Å²) in [6.07, 6.45) is 0. The van der Waals surface area contributed by atoms with Crippen LogP contribution in [0.15, 0.2) is 200 Å². The van der Waals surface area contributed by atoms with Gasteiger partial charge >= 0.3 is 0 Å². The predicted octanol–water partition coefficient (Wildman–Crippen LogP) is 8.84. The summed E-state index contributed by atoms with van der Waals surface area (Å²) in [5, 5.41) is 10.7. The Balaban J connectivity index is 1.43. The Morgan fingerprint density at radius 3 is 1.24 bits per heavy atom. The van der Waals surface area contributed by atoms with Gasteiger partial charge in [-0.1, -0.05) is 164 Å². The molecule has 0 saturated heterocycles. The summed E-state index contributed by atoms with van der Waals surface area (Å²) in [4.78, 5) is 2.34. The molecule has 1 nitrogen and oxygen atoms in total. The van der Waals surface area contributed by atoms with Gasteiger partial charge in [0.15, 0.2) is 8.07 Å². The average molecular weight is 604 g/mol. The standard InChI is InChI=1S/C44H33NSi/c1-5-18-35(19-6-1)45(36-20-7-2-8-21-36)37-29-31-40(32-30-37)46(38-22-9-3-10-23-38,39-24-11-4-12-25-39)44-33-34-17-13-14-26-41(34)42-27-15-16-28-43(42)44/h1-33H. The third kappa shape index (κ3) is 4.71. The van der Waals surface area contributed by atoms with Crippen LogP contribution < -0.4 is 25.6 Å². The Morgan fingerprint density at radius 1 is 0.304 bits per heavy atom. The lowest BCUT2D eigenvalue weighted by molar-refractivity contribution is 1.28. The van der Waals surface area contributed by atoms with Crippen molar-refractivity contribution in [3.8, 4) is 0 Å². The fourth-order valence-electron chi connectivity index (χ4n) is 7.17. The van der Waals surface area contributed by atoms with Crippen LogP contribution >= 0.6 is 0 Å². The predicted molar refractivity (Wildman–Crippen MR) is 200 cm³/mol. The highest BCUT2D eigenvalue weighted by Gasteiger charge is 2.42. The molecule has 0 saturated carbocycles. The van der Waals surface area contributed by atoms with Gasteiger partial charge in [0, 0.05) is 17.1 Å². The van der Waals surface area contributed by atoms with Gasteiger partial charge in [-0.15, -0.1) is 0 Å². The van der Waals surface area contributed by atoms with Crippen LogP contribution in [0.25, 0.3) is 21.5 Å². The summed E-state index contributed by atoms with van der Waals surface area (Å²) in [5.41, 5.74) is 3.40. The number of para-hydroxylation sites is 2. The minimum Gasteiger partial charge on any atom is -0.311 e. The van der Waals surface area contributed by atoms with E-state index in [1.807, 2.05) is 0 Å². The fraction of sp³-hybridized carbons (Fsp3) is 0. The van der Waals surface area contributed by atoms with E-state index in [1.165, 1.54) is 42.3 Å². The minimum absolute atomic E-state index is 1.13. The van der Waals surface area contributed by atoms with E-state index in [0.29, 0.717) is 0 Å². The Hall–Kier alpha value is -5.70. The average Bonchev–Trinajstić information content (AvgIpc) is 3.14. The number of fused-ring (bicyclic) bond motifs is 3. The van der Waals surface area contributed by atoms with E-state index in [9.17, 15) is 0 Å². The molecule has 0 aliphatic heterocycles. The summed E-state index contributed by atoms with van der Waals surface area (Å²) in [7, 11) is -2.82. The van der Waals surface area contributed by atoms with Gasteiger partial charge in [0.25, 0.3) is 0 Å². The van der Waals surface area contributed by atoms with Gasteiger partial charge in [0.2, 0.25) is 0 Å². The first-order chi connectivity index (χ1) is 22.8. The third-order valence-corrected chi connectivity index (χ3v) is 14.0. The smallest absolute Gasteiger partial charge is 0.180 e. The molecule has 0 bridgehead atoms. The van der Waals surface area contributed by atoms with E-state index < -0.39 is 8.07 Å². The number of rotatable bonds is 7. The van der Waals surface area contributed by atoms with Gasteiger partial charge in [-0.3, -0.25) is 0 Å². The summed E-state index contributed by atoms with van der Waals surface area (Å²) in [6, 6.07) is 73.4. The SMILES string of the molecule is c1ccc(N(c2ccccc2)c2ccc([Si](c3ccccc3)(c3ccccc3)c3cc4ccccc4c4ccccc34)cc2)cc1. The van der Waals surface area contributed by atoms with Crippen molar-refractivity contribution in [3.05, 3.63) is 200 Å². The highest BCUT2D eigenvalue weighted by Crippen LogP contribution is 2.34. The molecule has 0 fully saturated rings. The van der Waals surface area contributed by atoms with E-state index in [4.69, 9.17) is 0 Å². The summed E-state index contributed by atoms with van der Waals surface area (Å²) < 4.78 is 0. The Labute approximate surface area is 271 Å². The van der Waals surface area contributed by atoms with Gasteiger partial charge in [-0.25, -0.2) is 0 Å². The van der Waals surface area contributed by atoms with Crippen molar-refractivity contribution in [2.75, 3.05) is 4.90 Å². The number of anilines is 3. The van der Waals surface area contributed by atoms with Gasteiger partial charge in [-0.05, 0) is 78.7 Å². The topological polar surface area (TPSA) is 3.24 Å². The van der Waals surface area contributed by atoms with Crippen molar-refractivity contribution in [1.82, 2.24) is 0 Å². The molecule has 2 heteroatoms. The van der Waals surface area contributed by atoms with Crippen molar-refractivity contribution in [3.63, 3.8) is 0 Å². The van der Waals surface area contributed by atoms with Crippen LogP contribution in [-0.4, -0.2) is 8.07 Å². The third-order valence-electron chi connectivity index (χ3n) is 9.17. The molecule has 8 rings (SSSR count). The number of nitrogens with zero attached hydrogens (tertiary/aromatic N) is 1. The maximum atomic E-state index is 2.48. The molecule has 0 aliphatic rings. The van der Waals surface area contributed by atoms with E-state index >= 15 is 0 Å². The van der Waals surface area contributed by atoms with Gasteiger partial charge in [-0.2, -0.15) is 0 Å². The quantitative estimate of drug-likeness (QED) is 0.1000. The highest BCUT2D eigenvalue weighted by atomic mass is 28.3. The molecule has 8 aromatic carbocycles. The second-order valence-corrected chi connectivity index (χ2v) is 15.5. The molecule has 8 aromatic rings. The van der Waals surface area contributed by atoms with Gasteiger partial charge in [0.05, 0.1) is 0 Å². The van der Waals surface area contributed by atoms with E-state index in [2.05, 4.69) is 205 Å². The zero-order valence-electron chi connectivity index (χ0n) is 25.5.